The van der Waals surface area contributed by atoms with Crippen molar-refractivity contribution >= 4 is 23.5 Å². The molecule has 4 rings (SSSR count). The van der Waals surface area contributed by atoms with Gasteiger partial charge in [-0.05, 0) is 48.6 Å². The molecule has 2 aliphatic rings. The highest BCUT2D eigenvalue weighted by Gasteiger charge is 2.36. The van der Waals surface area contributed by atoms with E-state index in [9.17, 15) is 14.4 Å². The molecule has 0 aliphatic carbocycles. The lowest BCUT2D eigenvalue weighted by atomic mass is 9.82. The summed E-state index contributed by atoms with van der Waals surface area (Å²) < 4.78 is 1.87. The number of aromatic nitrogens is 1. The number of pyridine rings is 1. The quantitative estimate of drug-likeness (QED) is 0.813. The second kappa shape index (κ2) is 8.03. The minimum absolute atomic E-state index is 0.000701. The van der Waals surface area contributed by atoms with E-state index in [1.54, 1.807) is 12.1 Å². The van der Waals surface area contributed by atoms with Crippen molar-refractivity contribution in [1.82, 2.24) is 9.47 Å². The molecule has 2 aliphatic heterocycles. The smallest absolute Gasteiger partial charge is 0.303 e. The summed E-state index contributed by atoms with van der Waals surface area (Å²) in [4.78, 5) is 38.2. The average Bonchev–Trinajstić information content (AvgIpc) is 2.69. The number of rotatable bonds is 5. The zero-order valence-corrected chi connectivity index (χ0v) is 16.8. The van der Waals surface area contributed by atoms with Crippen LogP contribution in [0.5, 0.6) is 0 Å². The minimum Gasteiger partial charge on any atom is -0.481 e. The summed E-state index contributed by atoms with van der Waals surface area (Å²) >= 11 is 5.96. The number of carboxylic acids is 1. The molecule has 29 heavy (non-hydrogen) atoms. The molecule has 0 saturated carbocycles. The number of carbonyl (C=O) groups excluding carboxylic acids is 1. The van der Waals surface area contributed by atoms with Gasteiger partial charge >= 0.3 is 5.97 Å². The maximum Gasteiger partial charge on any atom is 0.303 e. The van der Waals surface area contributed by atoms with Crippen molar-refractivity contribution < 1.29 is 14.7 Å². The molecule has 7 heteroatoms. The number of amides is 1. The van der Waals surface area contributed by atoms with Gasteiger partial charge in [0.2, 0.25) is 5.91 Å². The number of hydrogen-bond acceptors (Lipinski definition) is 3. The van der Waals surface area contributed by atoms with Gasteiger partial charge in [0, 0.05) is 54.7 Å². The zero-order valence-electron chi connectivity index (χ0n) is 16.0. The third-order valence-corrected chi connectivity index (χ3v) is 6.15. The van der Waals surface area contributed by atoms with Crippen molar-refractivity contribution in [2.24, 2.45) is 5.92 Å². The molecular formula is C22H23ClN2O4. The van der Waals surface area contributed by atoms with Crippen LogP contribution in [0.2, 0.25) is 5.02 Å². The van der Waals surface area contributed by atoms with Crippen molar-refractivity contribution in [2.75, 3.05) is 13.1 Å². The third kappa shape index (κ3) is 4.08. The molecule has 1 fully saturated rings. The van der Waals surface area contributed by atoms with Crippen LogP contribution >= 0.6 is 11.6 Å². The molecule has 152 valence electrons. The Kier molecular flexibility index (Phi) is 5.46. The Hall–Kier alpha value is -2.60. The zero-order chi connectivity index (χ0) is 20.5. The lowest BCUT2D eigenvalue weighted by Gasteiger charge is -2.43. The molecule has 2 atom stereocenters. The molecule has 2 bridgehead atoms. The second-order valence-corrected chi connectivity index (χ2v) is 8.38. The van der Waals surface area contributed by atoms with Crippen molar-refractivity contribution in [3.63, 3.8) is 0 Å². The first-order valence-corrected chi connectivity index (χ1v) is 10.3. The van der Waals surface area contributed by atoms with Crippen molar-refractivity contribution in [2.45, 2.75) is 38.1 Å². The third-order valence-electron chi connectivity index (χ3n) is 5.89. The SMILES string of the molecule is O=C(O)CCCC(=O)N1CC2CC(C1)c1ccc(-c3ccc(Cl)cc3)c(=O)n1C2. The molecule has 1 aromatic carbocycles. The summed E-state index contributed by atoms with van der Waals surface area (Å²) in [7, 11) is 0. The van der Waals surface area contributed by atoms with Crippen molar-refractivity contribution in [3.8, 4) is 11.1 Å². The summed E-state index contributed by atoms with van der Waals surface area (Å²) in [5, 5.41) is 9.39. The van der Waals surface area contributed by atoms with Crippen LogP contribution in [0.1, 0.15) is 37.3 Å². The molecule has 2 unspecified atom stereocenters. The molecule has 1 N–H and O–H groups in total. The first kappa shape index (κ1) is 19.7. The van der Waals surface area contributed by atoms with Gasteiger partial charge in [0.1, 0.15) is 0 Å². The van der Waals surface area contributed by atoms with E-state index < -0.39 is 5.97 Å². The summed E-state index contributed by atoms with van der Waals surface area (Å²) in [6.45, 7) is 1.81. The summed E-state index contributed by atoms with van der Waals surface area (Å²) in [6.07, 6.45) is 1.60. The van der Waals surface area contributed by atoms with Gasteiger partial charge in [-0.2, -0.15) is 0 Å². The average molecular weight is 415 g/mol. The normalized spacial score (nSPS) is 20.2. The molecule has 1 saturated heterocycles. The summed E-state index contributed by atoms with van der Waals surface area (Å²) in [6, 6.07) is 11.1. The molecule has 1 aromatic heterocycles. The molecule has 3 heterocycles. The highest BCUT2D eigenvalue weighted by atomic mass is 35.5. The number of nitrogens with zero attached hydrogens (tertiary/aromatic N) is 2. The topological polar surface area (TPSA) is 79.6 Å². The van der Waals surface area contributed by atoms with E-state index in [1.165, 1.54) is 0 Å². The lowest BCUT2D eigenvalue weighted by Crippen LogP contribution is -2.49. The van der Waals surface area contributed by atoms with E-state index in [2.05, 4.69) is 0 Å². The Morgan fingerprint density at radius 2 is 1.79 bits per heavy atom. The fraction of sp³-hybridized carbons (Fsp3) is 0.409. The fourth-order valence-electron chi connectivity index (χ4n) is 4.55. The van der Waals surface area contributed by atoms with E-state index in [4.69, 9.17) is 16.7 Å². The number of benzene rings is 1. The molecule has 0 spiro atoms. The van der Waals surface area contributed by atoms with E-state index >= 15 is 0 Å². The van der Waals surface area contributed by atoms with Crippen molar-refractivity contribution in [1.29, 1.82) is 0 Å². The number of carbonyl (C=O) groups is 2. The minimum atomic E-state index is -0.877. The van der Waals surface area contributed by atoms with Crippen LogP contribution in [0, 0.1) is 5.92 Å². The second-order valence-electron chi connectivity index (χ2n) is 7.94. The standard InChI is InChI=1S/C22H23ClN2O4/c23-17-6-4-15(5-7-17)18-8-9-19-16-10-14(12-25(19)22(18)29)11-24(13-16)20(26)2-1-3-21(27)28/h4-9,14,16H,1-3,10-13H2,(H,27,28). The molecule has 6 nitrogen and oxygen atoms in total. The number of aliphatic carboxylic acids is 1. The van der Waals surface area contributed by atoms with Gasteiger partial charge in [0.05, 0.1) is 0 Å². The number of carboxylic acid groups (broad SMARTS) is 1. The highest BCUT2D eigenvalue weighted by Crippen LogP contribution is 2.36. The Morgan fingerprint density at radius 1 is 1.03 bits per heavy atom. The summed E-state index contributed by atoms with van der Waals surface area (Å²) in [5.74, 6) is -0.492. The lowest BCUT2D eigenvalue weighted by molar-refractivity contribution is -0.137. The van der Waals surface area contributed by atoms with Gasteiger partial charge in [-0.25, -0.2) is 0 Å². The van der Waals surface area contributed by atoms with Gasteiger partial charge in [-0.3, -0.25) is 14.4 Å². The van der Waals surface area contributed by atoms with Gasteiger partial charge in [-0.15, -0.1) is 0 Å². The van der Waals surface area contributed by atoms with Crippen LogP contribution in [0.15, 0.2) is 41.2 Å². The molecule has 0 radical (unpaired) electrons. The van der Waals surface area contributed by atoms with Crippen LogP contribution in [-0.4, -0.2) is 39.5 Å². The van der Waals surface area contributed by atoms with E-state index in [-0.39, 0.29) is 36.1 Å². The highest BCUT2D eigenvalue weighted by molar-refractivity contribution is 6.30. The van der Waals surface area contributed by atoms with Crippen LogP contribution in [-0.2, 0) is 16.1 Å². The van der Waals surface area contributed by atoms with Gasteiger partial charge < -0.3 is 14.6 Å². The van der Waals surface area contributed by atoms with Crippen LogP contribution in [0.25, 0.3) is 11.1 Å². The Morgan fingerprint density at radius 3 is 2.52 bits per heavy atom. The van der Waals surface area contributed by atoms with Gasteiger partial charge in [0.25, 0.3) is 5.56 Å². The first-order valence-electron chi connectivity index (χ1n) is 9.91. The molecule has 2 aromatic rings. The maximum atomic E-state index is 13.1. The van der Waals surface area contributed by atoms with Crippen molar-refractivity contribution in [3.05, 3.63) is 57.5 Å². The van der Waals surface area contributed by atoms with Crippen LogP contribution in [0.4, 0.5) is 0 Å². The first-order chi connectivity index (χ1) is 13.9. The number of likely N-dealkylation sites (tertiary alicyclic amines) is 1. The fourth-order valence-corrected chi connectivity index (χ4v) is 4.67. The largest absolute Gasteiger partial charge is 0.481 e. The van der Waals surface area contributed by atoms with Crippen LogP contribution in [0.3, 0.4) is 0 Å². The van der Waals surface area contributed by atoms with E-state index in [0.717, 1.165) is 17.7 Å². The molecular weight excluding hydrogens is 392 g/mol. The number of hydrogen-bond donors (Lipinski definition) is 1. The number of halogens is 1. The molecule has 1 amide bonds. The Balaban J connectivity index is 1.55. The van der Waals surface area contributed by atoms with E-state index in [1.807, 2.05) is 33.7 Å². The Bertz CT molecular complexity index is 999. The van der Waals surface area contributed by atoms with Crippen LogP contribution < -0.4 is 5.56 Å². The van der Waals surface area contributed by atoms with Gasteiger partial charge in [-0.1, -0.05) is 23.7 Å². The number of piperidine rings is 1. The monoisotopic (exact) mass is 414 g/mol. The van der Waals surface area contributed by atoms with Gasteiger partial charge in [0.15, 0.2) is 0 Å². The maximum absolute atomic E-state index is 13.1. The summed E-state index contributed by atoms with van der Waals surface area (Å²) in [5.41, 5.74) is 2.49. The Labute approximate surface area is 173 Å². The predicted octanol–water partition coefficient (Wildman–Crippen LogP) is 3.37. The predicted molar refractivity (Wildman–Crippen MR) is 110 cm³/mol. The number of fused-ring (bicyclic) bond motifs is 4. The van der Waals surface area contributed by atoms with E-state index in [0.29, 0.717) is 36.6 Å².